The van der Waals surface area contributed by atoms with E-state index < -0.39 is 17.1 Å². The Hall–Kier alpha value is -3.39. The molecule has 3 heterocycles. The SMILES string of the molecule is Cc1ccc(N2N=C([N+](=O)[O-])[C@H](c3ccco3)[NH2+][C@H]2c2ccco2)cc1. The molecule has 2 aromatic heterocycles. The minimum absolute atomic E-state index is 0.191. The molecule has 1 aliphatic heterocycles. The molecule has 8 nitrogen and oxygen atoms in total. The lowest BCUT2D eigenvalue weighted by Crippen LogP contribution is -2.92. The fraction of sp³-hybridized carbons (Fsp3) is 0.167. The van der Waals surface area contributed by atoms with Crippen LogP contribution in [-0.2, 0) is 0 Å². The molecule has 0 aliphatic carbocycles. The number of anilines is 1. The zero-order chi connectivity index (χ0) is 18.1. The summed E-state index contributed by atoms with van der Waals surface area (Å²) in [6.07, 6.45) is 2.67. The zero-order valence-electron chi connectivity index (χ0n) is 14.0. The summed E-state index contributed by atoms with van der Waals surface area (Å²) in [6, 6.07) is 14.0. The third-order valence-electron chi connectivity index (χ3n) is 4.30. The van der Waals surface area contributed by atoms with Crippen molar-refractivity contribution in [1.29, 1.82) is 0 Å². The van der Waals surface area contributed by atoms with Crippen molar-refractivity contribution in [2.75, 3.05) is 5.01 Å². The molecule has 132 valence electrons. The summed E-state index contributed by atoms with van der Waals surface area (Å²) in [5.74, 6) is 0.928. The van der Waals surface area contributed by atoms with Crippen LogP contribution in [0, 0.1) is 17.0 Å². The Kier molecular flexibility index (Phi) is 4.02. The first kappa shape index (κ1) is 16.1. The molecule has 0 saturated heterocycles. The number of amidine groups is 1. The average Bonchev–Trinajstić information content (AvgIpc) is 3.35. The van der Waals surface area contributed by atoms with Gasteiger partial charge in [-0.05, 0) is 48.2 Å². The standard InChI is InChI=1S/C18H16N4O4/c1-12-6-8-13(9-7-12)21-17(15-5-3-11-26-15)19-16(14-4-2-10-25-14)18(20-21)22(23)24/h2-11,16-17,19H,1H3/p+1/t16-,17+/m0/s1. The highest BCUT2D eigenvalue weighted by Gasteiger charge is 2.47. The second-order valence-corrected chi connectivity index (χ2v) is 6.04. The lowest BCUT2D eigenvalue weighted by atomic mass is 10.1. The Morgan fingerprint density at radius 1 is 1.08 bits per heavy atom. The molecule has 0 bridgehead atoms. The number of hydrazone groups is 1. The van der Waals surface area contributed by atoms with Gasteiger partial charge in [0, 0.05) is 0 Å². The van der Waals surface area contributed by atoms with Gasteiger partial charge in [0.1, 0.15) is 0 Å². The first-order chi connectivity index (χ1) is 12.6. The molecule has 4 rings (SSSR count). The van der Waals surface area contributed by atoms with Crippen LogP contribution in [0.25, 0.3) is 0 Å². The molecule has 0 fully saturated rings. The number of rotatable bonds is 3. The van der Waals surface area contributed by atoms with Gasteiger partial charge in [-0.25, -0.2) is 0 Å². The molecule has 0 spiro atoms. The van der Waals surface area contributed by atoms with Crippen LogP contribution in [0.3, 0.4) is 0 Å². The van der Waals surface area contributed by atoms with Crippen molar-refractivity contribution in [1.82, 2.24) is 0 Å². The van der Waals surface area contributed by atoms with Crippen LogP contribution in [0.4, 0.5) is 5.69 Å². The Balaban J connectivity index is 1.83. The Morgan fingerprint density at radius 3 is 2.31 bits per heavy atom. The van der Waals surface area contributed by atoms with Crippen LogP contribution in [0.1, 0.15) is 29.3 Å². The highest BCUT2D eigenvalue weighted by molar-refractivity contribution is 5.81. The summed E-state index contributed by atoms with van der Waals surface area (Å²) in [4.78, 5) is 11.2. The van der Waals surface area contributed by atoms with E-state index >= 15 is 0 Å². The highest BCUT2D eigenvalue weighted by Crippen LogP contribution is 2.29. The van der Waals surface area contributed by atoms with Gasteiger partial charge in [-0.15, -0.1) is 5.01 Å². The number of quaternary nitrogens is 1. The second-order valence-electron chi connectivity index (χ2n) is 6.04. The normalized spacial score (nSPS) is 20.0. The van der Waals surface area contributed by atoms with Crippen LogP contribution in [0.15, 0.2) is 75.0 Å². The molecule has 0 radical (unpaired) electrons. The lowest BCUT2D eigenvalue weighted by molar-refractivity contribution is -0.732. The number of nitro groups is 1. The Morgan fingerprint density at radius 2 is 1.73 bits per heavy atom. The smallest absolute Gasteiger partial charge is 0.430 e. The lowest BCUT2D eigenvalue weighted by Gasteiger charge is -2.27. The molecule has 2 N–H and O–H groups in total. The van der Waals surface area contributed by atoms with Gasteiger partial charge in [0.25, 0.3) is 12.2 Å². The number of hydrogen-bond donors (Lipinski definition) is 1. The van der Waals surface area contributed by atoms with Crippen LogP contribution >= 0.6 is 0 Å². The topological polar surface area (TPSA) is 102 Å². The van der Waals surface area contributed by atoms with E-state index in [9.17, 15) is 10.1 Å². The van der Waals surface area contributed by atoms with Gasteiger partial charge in [0.15, 0.2) is 11.5 Å². The van der Waals surface area contributed by atoms with Crippen molar-refractivity contribution in [3.8, 4) is 0 Å². The first-order valence-electron chi connectivity index (χ1n) is 8.14. The number of furan rings is 2. The molecule has 8 heteroatoms. The second kappa shape index (κ2) is 6.49. The number of nitrogens with two attached hydrogens (primary N) is 1. The quantitative estimate of drug-likeness (QED) is 0.576. The van der Waals surface area contributed by atoms with E-state index in [1.165, 1.54) is 6.26 Å². The van der Waals surface area contributed by atoms with Crippen molar-refractivity contribution < 1.29 is 19.1 Å². The van der Waals surface area contributed by atoms with Gasteiger partial charge in [-0.3, -0.25) is 5.32 Å². The van der Waals surface area contributed by atoms with Crippen LogP contribution in [0.5, 0.6) is 0 Å². The third-order valence-corrected chi connectivity index (χ3v) is 4.30. The average molecular weight is 353 g/mol. The summed E-state index contributed by atoms with van der Waals surface area (Å²) in [5, 5.41) is 19.4. The Labute approximate surface area is 148 Å². The Bertz CT molecular complexity index is 917. The number of hydrogen-bond acceptors (Lipinski definition) is 6. The van der Waals surface area contributed by atoms with Gasteiger partial charge in [0.2, 0.25) is 0 Å². The number of nitrogens with zero attached hydrogens (tertiary/aromatic N) is 3. The molecule has 0 unspecified atom stereocenters. The minimum atomic E-state index is -0.670. The maximum atomic E-state index is 11.6. The molecule has 0 saturated carbocycles. The fourth-order valence-electron chi connectivity index (χ4n) is 3.02. The zero-order valence-corrected chi connectivity index (χ0v) is 14.0. The summed E-state index contributed by atoms with van der Waals surface area (Å²) in [7, 11) is 0. The van der Waals surface area contributed by atoms with E-state index in [2.05, 4.69) is 5.10 Å². The maximum Gasteiger partial charge on any atom is 0.430 e. The van der Waals surface area contributed by atoms with Crippen molar-refractivity contribution in [2.45, 2.75) is 19.1 Å². The summed E-state index contributed by atoms with van der Waals surface area (Å²) in [6.45, 7) is 1.98. The van der Waals surface area contributed by atoms with Crippen LogP contribution in [-0.4, -0.2) is 10.8 Å². The van der Waals surface area contributed by atoms with E-state index in [1.807, 2.05) is 42.6 Å². The molecule has 26 heavy (non-hydrogen) atoms. The van der Waals surface area contributed by atoms with Gasteiger partial charge in [0.05, 0.1) is 23.3 Å². The third kappa shape index (κ3) is 2.86. The van der Waals surface area contributed by atoms with Crippen molar-refractivity contribution >= 4 is 11.5 Å². The van der Waals surface area contributed by atoms with Crippen LogP contribution in [0.2, 0.25) is 0 Å². The molecule has 2 atom stereocenters. The molecular weight excluding hydrogens is 336 g/mol. The first-order valence-corrected chi connectivity index (χ1v) is 8.14. The van der Waals surface area contributed by atoms with Gasteiger partial charge in [-0.1, -0.05) is 17.7 Å². The predicted molar refractivity (Wildman–Crippen MR) is 92.9 cm³/mol. The number of benzene rings is 1. The monoisotopic (exact) mass is 353 g/mol. The molecule has 3 aromatic rings. The summed E-state index contributed by atoms with van der Waals surface area (Å²) in [5.41, 5.74) is 1.83. The minimum Gasteiger partial charge on any atom is -0.462 e. The van der Waals surface area contributed by atoms with Crippen molar-refractivity contribution in [3.05, 3.63) is 88.3 Å². The van der Waals surface area contributed by atoms with Crippen molar-refractivity contribution in [3.63, 3.8) is 0 Å². The van der Waals surface area contributed by atoms with E-state index in [0.717, 1.165) is 11.3 Å². The van der Waals surface area contributed by atoms with E-state index in [-0.39, 0.29) is 5.84 Å². The van der Waals surface area contributed by atoms with Crippen LogP contribution < -0.4 is 10.3 Å². The van der Waals surface area contributed by atoms with E-state index in [1.54, 1.807) is 29.5 Å². The van der Waals surface area contributed by atoms with E-state index in [4.69, 9.17) is 8.83 Å². The largest absolute Gasteiger partial charge is 0.462 e. The van der Waals surface area contributed by atoms with Gasteiger partial charge in [-0.2, -0.15) is 0 Å². The fourth-order valence-corrected chi connectivity index (χ4v) is 3.02. The highest BCUT2D eigenvalue weighted by atomic mass is 16.6. The summed E-state index contributed by atoms with van der Waals surface area (Å²) < 4.78 is 11.0. The molecular formula is C18H17N4O4+. The summed E-state index contributed by atoms with van der Waals surface area (Å²) >= 11 is 0. The van der Waals surface area contributed by atoms with Crippen molar-refractivity contribution in [2.24, 2.45) is 5.10 Å². The van der Waals surface area contributed by atoms with Gasteiger partial charge < -0.3 is 18.9 Å². The molecule has 0 amide bonds. The number of aryl methyl sites for hydroxylation is 1. The van der Waals surface area contributed by atoms with Gasteiger partial charge >= 0.3 is 5.84 Å². The molecule has 1 aliphatic rings. The maximum absolute atomic E-state index is 11.6. The predicted octanol–water partition coefficient (Wildman–Crippen LogP) is 2.59. The van der Waals surface area contributed by atoms with E-state index in [0.29, 0.717) is 11.5 Å². The molecule has 1 aromatic carbocycles.